The number of aliphatic carboxylic acids is 1. The van der Waals surface area contributed by atoms with E-state index in [0.29, 0.717) is 12.3 Å². The van der Waals surface area contributed by atoms with Gasteiger partial charge in [-0.15, -0.1) is 0 Å². The monoisotopic (exact) mass is 488 g/mol. The van der Waals surface area contributed by atoms with Crippen molar-refractivity contribution in [2.75, 3.05) is 6.61 Å². The van der Waals surface area contributed by atoms with Crippen LogP contribution in [0.25, 0.3) is 0 Å². The minimum absolute atomic E-state index is 0.00698. The van der Waals surface area contributed by atoms with Crippen LogP contribution in [0.2, 0.25) is 0 Å². The van der Waals surface area contributed by atoms with Gasteiger partial charge < -0.3 is 20.4 Å². The summed E-state index contributed by atoms with van der Waals surface area (Å²) in [6.07, 6.45) is 8.40. The lowest BCUT2D eigenvalue weighted by atomic mass is 9.33. The van der Waals surface area contributed by atoms with Gasteiger partial charge in [0.25, 0.3) is 0 Å². The number of carbonyl (C=O) groups is 1. The maximum Gasteiger partial charge on any atom is 0.310 e. The summed E-state index contributed by atoms with van der Waals surface area (Å²) in [5.41, 5.74) is -0.0632. The van der Waals surface area contributed by atoms with E-state index in [2.05, 4.69) is 40.7 Å². The first-order valence-electron chi connectivity index (χ1n) is 14.0. The number of rotatable bonds is 2. The van der Waals surface area contributed by atoms with Crippen molar-refractivity contribution in [3.63, 3.8) is 0 Å². The van der Waals surface area contributed by atoms with Crippen LogP contribution >= 0.6 is 0 Å². The molecule has 0 aliphatic heterocycles. The molecule has 5 rings (SSSR count). The van der Waals surface area contributed by atoms with E-state index in [0.717, 1.165) is 51.4 Å². The molecule has 10 atom stereocenters. The summed E-state index contributed by atoms with van der Waals surface area (Å²) in [4.78, 5) is 12.8. The molecule has 5 aliphatic carbocycles. The molecular weight excluding hydrogens is 440 g/mol. The zero-order valence-electron chi connectivity index (χ0n) is 22.7. The van der Waals surface area contributed by atoms with Gasteiger partial charge in [0.15, 0.2) is 0 Å². The largest absolute Gasteiger partial charge is 0.481 e. The molecule has 0 amide bonds. The van der Waals surface area contributed by atoms with Crippen LogP contribution in [0.3, 0.4) is 0 Å². The number of aliphatic hydroxyl groups is 3. The Morgan fingerprint density at radius 1 is 0.943 bits per heavy atom. The van der Waals surface area contributed by atoms with E-state index < -0.39 is 29.0 Å². The fourth-order valence-electron chi connectivity index (χ4n) is 10.8. The highest BCUT2D eigenvalue weighted by molar-refractivity contribution is 5.76. The second-order valence-corrected chi connectivity index (χ2v) is 15.1. The lowest BCUT2D eigenvalue weighted by Gasteiger charge is -2.71. The van der Waals surface area contributed by atoms with Crippen molar-refractivity contribution in [1.82, 2.24) is 0 Å². The molecule has 4 saturated carbocycles. The molecule has 0 saturated heterocycles. The summed E-state index contributed by atoms with van der Waals surface area (Å²) in [6, 6.07) is 0. The van der Waals surface area contributed by atoms with E-state index in [4.69, 9.17) is 0 Å². The molecule has 0 heterocycles. The Morgan fingerprint density at radius 2 is 1.60 bits per heavy atom. The van der Waals surface area contributed by atoms with Gasteiger partial charge in [-0.05, 0) is 97.2 Å². The van der Waals surface area contributed by atoms with Crippen molar-refractivity contribution >= 4 is 5.97 Å². The Morgan fingerprint density at radius 3 is 2.23 bits per heavy atom. The maximum absolute atomic E-state index is 12.8. The van der Waals surface area contributed by atoms with Gasteiger partial charge in [0, 0.05) is 5.41 Å². The van der Waals surface area contributed by atoms with Crippen LogP contribution in [0.1, 0.15) is 99.3 Å². The molecule has 0 spiro atoms. The van der Waals surface area contributed by atoms with E-state index in [1.807, 2.05) is 6.92 Å². The predicted octanol–water partition coefficient (Wildman–Crippen LogP) is 5.18. The van der Waals surface area contributed by atoms with Crippen LogP contribution < -0.4 is 0 Å². The predicted molar refractivity (Wildman–Crippen MR) is 135 cm³/mol. The molecule has 35 heavy (non-hydrogen) atoms. The molecule has 5 heteroatoms. The van der Waals surface area contributed by atoms with Crippen molar-refractivity contribution in [2.24, 2.45) is 50.2 Å². The summed E-state index contributed by atoms with van der Waals surface area (Å²) >= 11 is 0. The molecule has 5 nitrogen and oxygen atoms in total. The SMILES string of the molecule is CC1(C)CC[C@]2(C(=O)O)CC[C@]3(C)C(=CC[C@H]4[C@@]5(C)C[C@@H](O)[C@H](O)[C@@](C)(CO)[C@H]5CC[C@]43C)[C@@H]2C1. The van der Waals surface area contributed by atoms with Crippen LogP contribution in [-0.2, 0) is 4.79 Å². The smallest absolute Gasteiger partial charge is 0.310 e. The molecular formula is C30H48O5. The normalized spacial score (nSPS) is 55.0. The highest BCUT2D eigenvalue weighted by Crippen LogP contribution is 2.75. The summed E-state index contributed by atoms with van der Waals surface area (Å²) in [7, 11) is 0. The van der Waals surface area contributed by atoms with Gasteiger partial charge in [-0.2, -0.15) is 0 Å². The number of carboxylic acid groups (broad SMARTS) is 1. The molecule has 198 valence electrons. The lowest BCUT2D eigenvalue weighted by molar-refractivity contribution is -0.243. The molecule has 0 aromatic rings. The average molecular weight is 489 g/mol. The first kappa shape index (κ1) is 25.7. The number of fused-ring (bicyclic) bond motifs is 7. The van der Waals surface area contributed by atoms with Gasteiger partial charge in [-0.25, -0.2) is 0 Å². The van der Waals surface area contributed by atoms with Gasteiger partial charge in [0.1, 0.15) is 0 Å². The Balaban J connectivity index is 1.61. The van der Waals surface area contributed by atoms with Crippen molar-refractivity contribution in [3.8, 4) is 0 Å². The van der Waals surface area contributed by atoms with E-state index in [-0.39, 0.29) is 40.1 Å². The lowest BCUT2D eigenvalue weighted by Crippen LogP contribution is -2.68. The third-order valence-corrected chi connectivity index (χ3v) is 13.2. The molecule has 5 aliphatic rings. The Labute approximate surface area is 211 Å². The van der Waals surface area contributed by atoms with Gasteiger partial charge >= 0.3 is 5.97 Å². The number of aliphatic hydroxyl groups excluding tert-OH is 3. The average Bonchev–Trinajstić information content (AvgIpc) is 2.77. The molecule has 0 radical (unpaired) electrons. The van der Waals surface area contributed by atoms with Crippen LogP contribution in [0, 0.1) is 50.2 Å². The third kappa shape index (κ3) is 3.07. The highest BCUT2D eigenvalue weighted by atomic mass is 16.4. The number of hydrogen-bond acceptors (Lipinski definition) is 4. The number of allylic oxidation sites excluding steroid dienone is 2. The molecule has 0 aromatic carbocycles. The van der Waals surface area contributed by atoms with E-state index in [1.54, 1.807) is 0 Å². The summed E-state index contributed by atoms with van der Waals surface area (Å²) in [5.74, 6) is -0.0472. The van der Waals surface area contributed by atoms with Crippen molar-refractivity contribution in [3.05, 3.63) is 11.6 Å². The maximum atomic E-state index is 12.8. The Bertz CT molecular complexity index is 941. The second kappa shape index (κ2) is 7.57. The highest BCUT2D eigenvalue weighted by Gasteiger charge is 2.70. The number of carboxylic acids is 1. The van der Waals surface area contributed by atoms with E-state index >= 15 is 0 Å². The van der Waals surface area contributed by atoms with Crippen LogP contribution in [0.4, 0.5) is 0 Å². The van der Waals surface area contributed by atoms with E-state index in [9.17, 15) is 25.2 Å². The van der Waals surface area contributed by atoms with Crippen molar-refractivity contribution < 1.29 is 25.2 Å². The second-order valence-electron chi connectivity index (χ2n) is 15.1. The number of hydrogen-bond donors (Lipinski definition) is 4. The molecule has 0 aromatic heterocycles. The van der Waals surface area contributed by atoms with Gasteiger partial charge in [-0.1, -0.05) is 53.2 Å². The molecule has 0 bridgehead atoms. The van der Waals surface area contributed by atoms with Gasteiger partial charge in [0.05, 0.1) is 24.2 Å². The zero-order chi connectivity index (χ0) is 25.8. The Kier molecular flexibility index (Phi) is 5.56. The minimum atomic E-state index is -0.907. The minimum Gasteiger partial charge on any atom is -0.481 e. The van der Waals surface area contributed by atoms with Crippen molar-refractivity contribution in [1.29, 1.82) is 0 Å². The van der Waals surface area contributed by atoms with Gasteiger partial charge in [-0.3, -0.25) is 4.79 Å². The quantitative estimate of drug-likeness (QED) is 0.402. The van der Waals surface area contributed by atoms with E-state index in [1.165, 1.54) is 5.57 Å². The van der Waals surface area contributed by atoms with Crippen molar-refractivity contribution in [2.45, 2.75) is 112 Å². The first-order valence-corrected chi connectivity index (χ1v) is 14.0. The fourth-order valence-corrected chi connectivity index (χ4v) is 10.8. The summed E-state index contributed by atoms with van der Waals surface area (Å²) in [5, 5.41) is 42.8. The fraction of sp³-hybridized carbons (Fsp3) is 0.900. The van der Waals surface area contributed by atoms with Crippen LogP contribution in [0.15, 0.2) is 11.6 Å². The van der Waals surface area contributed by atoms with Crippen LogP contribution in [0.5, 0.6) is 0 Å². The first-order chi connectivity index (χ1) is 16.1. The summed E-state index contributed by atoms with van der Waals surface area (Å²) < 4.78 is 0. The van der Waals surface area contributed by atoms with Crippen LogP contribution in [-0.4, -0.2) is 45.2 Å². The third-order valence-electron chi connectivity index (χ3n) is 13.2. The van der Waals surface area contributed by atoms with Gasteiger partial charge in [0.2, 0.25) is 0 Å². The Hall–Kier alpha value is -0.910. The molecule has 0 unspecified atom stereocenters. The molecule has 4 fully saturated rings. The summed E-state index contributed by atoms with van der Waals surface area (Å²) in [6.45, 7) is 13.6. The molecule has 4 N–H and O–H groups in total. The zero-order valence-corrected chi connectivity index (χ0v) is 22.7. The topological polar surface area (TPSA) is 98.0 Å². The standard InChI is InChI=1S/C30H48O5/c1-25(2)11-13-30(24(34)35)14-12-28(5)18(19(30)15-25)7-8-22-26(3)16-20(32)23(33)27(4,17-31)21(26)9-10-29(22,28)6/h7,19-23,31-33H,8-17H2,1-6H3,(H,34,35)/t19-,20+,21-,22-,23-,26-,27-,28+,29+,30-/m0/s1.